The minimum absolute atomic E-state index is 0.195. The van der Waals surface area contributed by atoms with Crippen molar-refractivity contribution in [2.45, 2.75) is 154 Å². The monoisotopic (exact) mass is 1100 g/mol. The van der Waals surface area contributed by atoms with E-state index in [1.807, 2.05) is 48.5 Å². The van der Waals surface area contributed by atoms with Crippen LogP contribution in [0.2, 0.25) is 0 Å². The van der Waals surface area contributed by atoms with E-state index >= 15 is 0 Å². The van der Waals surface area contributed by atoms with E-state index in [4.69, 9.17) is 56.8 Å². The van der Waals surface area contributed by atoms with Crippen LogP contribution < -0.4 is 16.0 Å². The van der Waals surface area contributed by atoms with Crippen molar-refractivity contribution in [1.29, 1.82) is 0 Å². The molecule has 3 amide bonds. The highest BCUT2D eigenvalue weighted by atomic mass is 16.8. The molecule has 2 aromatic carbocycles. The summed E-state index contributed by atoms with van der Waals surface area (Å²) in [5.74, 6) is -13.8. The number of carboxylic acids is 1. The van der Waals surface area contributed by atoms with E-state index in [0.29, 0.717) is 0 Å². The van der Waals surface area contributed by atoms with Crippen molar-refractivity contribution < 1.29 is 115 Å². The van der Waals surface area contributed by atoms with Crippen molar-refractivity contribution in [1.82, 2.24) is 16.0 Å². The summed E-state index contributed by atoms with van der Waals surface area (Å²) in [6.45, 7) is 7.15. The lowest BCUT2D eigenvalue weighted by Gasteiger charge is -2.49. The summed E-state index contributed by atoms with van der Waals surface area (Å²) < 4.78 is 68.8. The second kappa shape index (κ2) is 27.0. The predicted octanol–water partition coefficient (Wildman–Crippen LogP) is 1.01. The van der Waals surface area contributed by atoms with Gasteiger partial charge < -0.3 is 77.9 Å². The first kappa shape index (κ1) is 61.1. The Morgan fingerprint density at radius 1 is 0.679 bits per heavy atom. The van der Waals surface area contributed by atoms with Gasteiger partial charge in [-0.25, -0.2) is 14.4 Å². The smallest absolute Gasteiger partial charge is 0.407 e. The summed E-state index contributed by atoms with van der Waals surface area (Å²) in [6, 6.07) is 9.89. The zero-order valence-electron chi connectivity index (χ0n) is 44.3. The van der Waals surface area contributed by atoms with E-state index in [2.05, 4.69) is 16.0 Å². The van der Waals surface area contributed by atoms with Crippen molar-refractivity contribution in [3.63, 3.8) is 0 Å². The van der Waals surface area contributed by atoms with Gasteiger partial charge in [0, 0.05) is 61.3 Å². The van der Waals surface area contributed by atoms with Crippen LogP contribution in [0.25, 0.3) is 11.1 Å². The summed E-state index contributed by atoms with van der Waals surface area (Å²) >= 11 is 0. The van der Waals surface area contributed by atoms with E-state index in [-0.39, 0.29) is 6.61 Å². The molecular weight excluding hydrogens is 1040 g/mol. The molecule has 426 valence electrons. The van der Waals surface area contributed by atoms with Crippen LogP contribution in [0.4, 0.5) is 4.79 Å². The van der Waals surface area contributed by atoms with Crippen LogP contribution in [-0.4, -0.2) is 177 Å². The molecule has 0 spiro atoms. The Balaban J connectivity index is 1.53. The Hall–Kier alpha value is -7.75. The summed E-state index contributed by atoms with van der Waals surface area (Å²) in [6.07, 6.45) is -18.3. The SMILES string of the molecule is COC(=O)[C@@]1(OC[C@H]2O[C@H](O[C@H](C)[C@H](NC(=O)OCC3c4ccccc4-c4ccccc43)C(=O)O)[C@H](NC(C)=O)[C@@H](OC(C)=O)[C@H]2OC(C)=O)C[C@H](OC(C)=O)[C@@H](NC(C)=O)[C@H]([C@H](OC(C)=O)[C@@H](COC(C)=O)OC(C)=O)O1. The maximum Gasteiger partial charge on any atom is 0.407 e. The molecule has 1 aliphatic carbocycles. The number of nitrogens with one attached hydrogen (secondary N) is 3. The zero-order chi connectivity index (χ0) is 57.8. The number of fused-ring (bicyclic) bond motifs is 3. The van der Waals surface area contributed by atoms with E-state index in [1.165, 1.54) is 6.92 Å². The molecule has 0 radical (unpaired) electrons. The van der Waals surface area contributed by atoms with Crippen molar-refractivity contribution in [2.75, 3.05) is 26.9 Å². The van der Waals surface area contributed by atoms with Gasteiger partial charge in [-0.1, -0.05) is 48.5 Å². The highest BCUT2D eigenvalue weighted by molar-refractivity contribution is 5.82. The fraction of sp³-hybridized carbons (Fsp3) is 0.549. The van der Waals surface area contributed by atoms with E-state index < -0.39 is 170 Å². The van der Waals surface area contributed by atoms with Gasteiger partial charge in [-0.2, -0.15) is 0 Å². The molecule has 13 atom stereocenters. The van der Waals surface area contributed by atoms with Crippen LogP contribution >= 0.6 is 0 Å². The highest BCUT2D eigenvalue weighted by Crippen LogP contribution is 2.45. The molecule has 0 bridgehead atoms. The minimum Gasteiger partial charge on any atom is -0.480 e. The topological polar surface area (TPSA) is 355 Å². The van der Waals surface area contributed by atoms with Gasteiger partial charge in [0.15, 0.2) is 36.7 Å². The Kier molecular flexibility index (Phi) is 21.2. The predicted molar refractivity (Wildman–Crippen MR) is 259 cm³/mol. The number of benzene rings is 2. The first-order chi connectivity index (χ1) is 36.7. The van der Waals surface area contributed by atoms with Crippen LogP contribution in [0.3, 0.4) is 0 Å². The van der Waals surface area contributed by atoms with E-state index in [0.717, 1.165) is 84.8 Å². The Bertz CT molecular complexity index is 2550. The fourth-order valence-electron chi connectivity index (χ4n) is 9.41. The lowest BCUT2D eigenvalue weighted by Crippen LogP contribution is -2.70. The van der Waals surface area contributed by atoms with Gasteiger partial charge in [0.25, 0.3) is 5.79 Å². The number of carboxylic acid groups (broad SMARTS) is 1. The molecule has 27 heteroatoms. The molecule has 0 unspecified atom stereocenters. The number of esters is 7. The third-order valence-corrected chi connectivity index (χ3v) is 12.3. The van der Waals surface area contributed by atoms with Gasteiger partial charge in [0.1, 0.15) is 37.6 Å². The summed E-state index contributed by atoms with van der Waals surface area (Å²) in [4.78, 5) is 142. The standard InChI is InChI=1S/C51H63N3O24/c1-23(40(47(63)64)54-50(66)69-20-36-34-17-13-11-15-32(34)33-16-12-14-18-35(33)36)71-48-42(53-25(3)56)45(76-31(9)62)43(74-29(7)60)39(77-48)22-70-51(49(65)67-10)19-37(72-27(5)58)41(52-24(2)55)46(78-51)44(75-30(8)61)38(73-28(6)59)21-68-26(4)57/h11-18,23,36-46,48H,19-22H2,1-10H3,(H,52,55)(H,53,56)(H,54,66)(H,63,64)/t23-,37+,38-,39-,40+,41-,42-,43+,44-,45-,46-,48+,51-/m1/s1. The molecule has 2 heterocycles. The average Bonchev–Trinajstić information content (AvgIpc) is 3.79. The molecule has 5 rings (SSSR count). The zero-order valence-corrected chi connectivity index (χ0v) is 44.3. The van der Waals surface area contributed by atoms with Gasteiger partial charge in [-0.3, -0.25) is 38.4 Å². The molecule has 2 fully saturated rings. The van der Waals surface area contributed by atoms with E-state index in [1.54, 1.807) is 0 Å². The van der Waals surface area contributed by atoms with Gasteiger partial charge in [-0.05, 0) is 29.2 Å². The normalized spacial score (nSPS) is 24.8. The maximum absolute atomic E-state index is 14.3. The molecule has 78 heavy (non-hydrogen) atoms. The van der Waals surface area contributed by atoms with Crippen molar-refractivity contribution in [3.05, 3.63) is 59.7 Å². The highest BCUT2D eigenvalue weighted by Gasteiger charge is 2.61. The number of carbonyl (C=O) groups excluding carboxylic acids is 10. The largest absolute Gasteiger partial charge is 0.480 e. The number of methoxy groups -OCH3 is 1. The Morgan fingerprint density at radius 3 is 1.74 bits per heavy atom. The van der Waals surface area contributed by atoms with Crippen LogP contribution in [-0.2, 0) is 105 Å². The molecule has 0 aromatic heterocycles. The Morgan fingerprint density at radius 2 is 1.23 bits per heavy atom. The number of hydrogen-bond acceptors (Lipinski definition) is 23. The van der Waals surface area contributed by atoms with Gasteiger partial charge in [0.2, 0.25) is 11.8 Å². The second-order valence-corrected chi connectivity index (χ2v) is 18.3. The van der Waals surface area contributed by atoms with Crippen LogP contribution in [0, 0.1) is 0 Å². The number of rotatable bonds is 22. The summed E-state index contributed by atoms with van der Waals surface area (Å²) in [7, 11) is 0.896. The molecule has 4 N–H and O–H groups in total. The van der Waals surface area contributed by atoms with E-state index in [9.17, 15) is 57.8 Å². The second-order valence-electron chi connectivity index (χ2n) is 18.3. The molecular formula is C51H63N3O24. The number of alkyl carbamates (subject to hydrolysis) is 1. The van der Waals surface area contributed by atoms with Crippen molar-refractivity contribution in [2.24, 2.45) is 0 Å². The number of ether oxygens (including phenoxy) is 12. The third kappa shape index (κ3) is 15.7. The number of amides is 3. The number of carbonyl (C=O) groups is 11. The van der Waals surface area contributed by atoms with Gasteiger partial charge in [-0.15, -0.1) is 0 Å². The molecule has 2 aliphatic heterocycles. The van der Waals surface area contributed by atoms with Gasteiger partial charge in [0.05, 0.1) is 32.3 Å². The van der Waals surface area contributed by atoms with Crippen LogP contribution in [0.1, 0.15) is 85.8 Å². The molecule has 3 aliphatic rings. The molecule has 2 saturated heterocycles. The average molecular weight is 1100 g/mol. The molecule has 0 saturated carbocycles. The Labute approximate surface area is 446 Å². The maximum atomic E-state index is 14.3. The lowest BCUT2D eigenvalue weighted by molar-refractivity contribution is -0.335. The van der Waals surface area contributed by atoms with Crippen molar-refractivity contribution >= 4 is 65.7 Å². The van der Waals surface area contributed by atoms with Crippen LogP contribution in [0.5, 0.6) is 0 Å². The third-order valence-electron chi connectivity index (χ3n) is 12.3. The quantitative estimate of drug-likeness (QED) is 0.0944. The first-order valence-electron chi connectivity index (χ1n) is 24.3. The molecule has 2 aromatic rings. The van der Waals surface area contributed by atoms with Gasteiger partial charge >= 0.3 is 53.8 Å². The number of hydrogen-bond donors (Lipinski definition) is 4. The first-order valence-corrected chi connectivity index (χ1v) is 24.3. The molecule has 27 nitrogen and oxygen atoms in total. The van der Waals surface area contributed by atoms with Crippen molar-refractivity contribution in [3.8, 4) is 11.1 Å². The van der Waals surface area contributed by atoms with Crippen LogP contribution in [0.15, 0.2) is 48.5 Å². The number of aliphatic carboxylic acids is 1. The summed E-state index contributed by atoms with van der Waals surface area (Å²) in [5, 5.41) is 17.8. The fourth-order valence-corrected chi connectivity index (χ4v) is 9.41. The summed E-state index contributed by atoms with van der Waals surface area (Å²) in [5.41, 5.74) is 3.64. The minimum atomic E-state index is -2.87. The lowest BCUT2D eigenvalue weighted by atomic mass is 9.87.